The van der Waals surface area contributed by atoms with Crippen LogP contribution >= 0.6 is 0 Å². The Morgan fingerprint density at radius 2 is 1.77 bits per heavy atom. The van der Waals surface area contributed by atoms with Crippen molar-refractivity contribution < 1.29 is 17.9 Å². The van der Waals surface area contributed by atoms with E-state index in [0.29, 0.717) is 30.2 Å². The van der Waals surface area contributed by atoms with Crippen LogP contribution in [-0.4, -0.2) is 71.7 Å². The molecule has 2 aromatic heterocycles. The number of alkyl halides is 3. The molecule has 4 bridgehead atoms. The van der Waals surface area contributed by atoms with Crippen molar-refractivity contribution in [2.24, 2.45) is 17.3 Å². The van der Waals surface area contributed by atoms with Crippen LogP contribution in [0, 0.1) is 17.3 Å². The number of nitrogens with zero attached hydrogens (tertiary/aromatic N) is 6. The summed E-state index contributed by atoms with van der Waals surface area (Å²) in [5.74, 6) is 3.43. The molecule has 0 aromatic carbocycles. The lowest BCUT2D eigenvalue weighted by molar-refractivity contribution is -0.332. The fourth-order valence-electron chi connectivity index (χ4n) is 8.20. The Morgan fingerprint density at radius 1 is 1.08 bits per heavy atom. The molecule has 6 aliphatic rings. The third-order valence-corrected chi connectivity index (χ3v) is 10.1. The number of ether oxygens (including phenoxy) is 1. The lowest BCUT2D eigenvalue weighted by Crippen LogP contribution is -2.79. The van der Waals surface area contributed by atoms with Crippen LogP contribution in [0.3, 0.4) is 0 Å². The first kappa shape index (κ1) is 25.0. The van der Waals surface area contributed by atoms with Gasteiger partial charge in [-0.15, -0.1) is 5.10 Å². The van der Waals surface area contributed by atoms with E-state index in [-0.39, 0.29) is 30.7 Å². The van der Waals surface area contributed by atoms with Gasteiger partial charge in [-0.1, -0.05) is 13.8 Å². The molecule has 2 aliphatic heterocycles. The predicted octanol–water partition coefficient (Wildman–Crippen LogP) is 4.23. The molecule has 0 spiro atoms. The highest BCUT2D eigenvalue weighted by Gasteiger charge is 2.81. The summed E-state index contributed by atoms with van der Waals surface area (Å²) in [5, 5.41) is 15.0. The number of hydrogen-bond donors (Lipinski definition) is 2. The molecule has 2 aromatic rings. The molecule has 0 unspecified atom stereocenters. The molecule has 9 nitrogen and oxygen atoms in total. The monoisotopic (exact) mass is 544 g/mol. The van der Waals surface area contributed by atoms with Gasteiger partial charge in [-0.25, -0.2) is 0 Å². The van der Waals surface area contributed by atoms with E-state index in [0.717, 1.165) is 48.8 Å². The molecule has 8 rings (SSSR count). The van der Waals surface area contributed by atoms with Crippen molar-refractivity contribution in [3.63, 3.8) is 0 Å². The van der Waals surface area contributed by atoms with E-state index in [1.807, 2.05) is 13.1 Å². The third-order valence-electron chi connectivity index (χ3n) is 10.1. The van der Waals surface area contributed by atoms with Crippen LogP contribution in [0.25, 0.3) is 0 Å². The van der Waals surface area contributed by atoms with E-state index in [1.54, 1.807) is 13.3 Å². The Kier molecular flexibility index (Phi) is 5.12. The maximum Gasteiger partial charge on any atom is 0.394 e. The average molecular weight is 545 g/mol. The molecule has 4 saturated carbocycles. The van der Waals surface area contributed by atoms with E-state index >= 15 is 0 Å². The van der Waals surface area contributed by atoms with E-state index in [1.165, 1.54) is 0 Å². The van der Waals surface area contributed by atoms with Crippen LogP contribution in [0.5, 0.6) is 5.88 Å². The van der Waals surface area contributed by atoms with Crippen molar-refractivity contribution in [2.45, 2.75) is 69.1 Å². The molecule has 5 fully saturated rings. The summed E-state index contributed by atoms with van der Waals surface area (Å²) in [4.78, 5) is 14.4. The first-order valence-corrected chi connectivity index (χ1v) is 13.8. The molecule has 4 aliphatic carbocycles. The first-order valence-electron chi connectivity index (χ1n) is 13.8. The molecule has 39 heavy (non-hydrogen) atoms. The Hall–Kier alpha value is -3.05. The number of fused-ring (bicyclic) bond motifs is 3. The highest BCUT2D eigenvalue weighted by molar-refractivity contribution is 5.71. The fourth-order valence-corrected chi connectivity index (χ4v) is 8.20. The van der Waals surface area contributed by atoms with E-state index < -0.39 is 17.1 Å². The van der Waals surface area contributed by atoms with E-state index in [2.05, 4.69) is 44.5 Å². The summed E-state index contributed by atoms with van der Waals surface area (Å²) < 4.78 is 46.2. The van der Waals surface area contributed by atoms with Gasteiger partial charge in [-0.2, -0.15) is 28.2 Å². The van der Waals surface area contributed by atoms with Crippen molar-refractivity contribution in [3.05, 3.63) is 17.8 Å². The molecule has 12 heteroatoms. The zero-order valence-electron chi connectivity index (χ0n) is 22.8. The SMILES string of the molecule is CNc1nc(N[C@H]2[C@@H]3CC[C@H]2CN(c2cnnc(OC)c2)C3)nc2c1C(C)(C)CN2C12CC(C(F)(F)F)(C1)C2. The highest BCUT2D eigenvalue weighted by atomic mass is 19.4. The maximum atomic E-state index is 13.6. The summed E-state index contributed by atoms with van der Waals surface area (Å²) in [6, 6.07) is 2.15. The Morgan fingerprint density at radius 3 is 2.38 bits per heavy atom. The molecule has 210 valence electrons. The molecule has 0 radical (unpaired) electrons. The Labute approximate surface area is 225 Å². The number of anilines is 4. The van der Waals surface area contributed by atoms with Crippen molar-refractivity contribution >= 4 is 23.3 Å². The fraction of sp³-hybridized carbons (Fsp3) is 0.704. The highest BCUT2D eigenvalue weighted by Crippen LogP contribution is 2.76. The Bertz CT molecular complexity index is 1280. The molecule has 1 saturated heterocycles. The number of halogens is 3. The third kappa shape index (κ3) is 3.51. The summed E-state index contributed by atoms with van der Waals surface area (Å²) in [5.41, 5.74) is -0.202. The zero-order chi connectivity index (χ0) is 27.4. The largest absolute Gasteiger partial charge is 0.480 e. The number of piperidine rings is 1. The van der Waals surface area contributed by atoms with E-state index in [9.17, 15) is 13.2 Å². The minimum Gasteiger partial charge on any atom is -0.480 e. The van der Waals surface area contributed by atoms with Gasteiger partial charge in [0, 0.05) is 55.3 Å². The average Bonchev–Trinajstić information content (AvgIpc) is 3.22. The summed E-state index contributed by atoms with van der Waals surface area (Å²) >= 11 is 0. The Balaban J connectivity index is 1.14. The van der Waals surface area contributed by atoms with Gasteiger partial charge >= 0.3 is 6.18 Å². The van der Waals surface area contributed by atoms with Gasteiger partial charge in [0.1, 0.15) is 11.6 Å². The lowest BCUT2D eigenvalue weighted by atomic mass is 9.38. The van der Waals surface area contributed by atoms with Crippen molar-refractivity contribution in [1.82, 2.24) is 20.2 Å². The van der Waals surface area contributed by atoms with Gasteiger partial charge in [0.05, 0.1) is 24.4 Å². The van der Waals surface area contributed by atoms with Crippen molar-refractivity contribution in [1.29, 1.82) is 0 Å². The number of hydrogen-bond acceptors (Lipinski definition) is 9. The van der Waals surface area contributed by atoms with Crippen LogP contribution < -0.4 is 25.2 Å². The topological polar surface area (TPSA) is 91.3 Å². The van der Waals surface area contributed by atoms with Crippen LogP contribution in [-0.2, 0) is 5.41 Å². The van der Waals surface area contributed by atoms with E-state index in [4.69, 9.17) is 14.7 Å². The maximum absolute atomic E-state index is 13.6. The van der Waals surface area contributed by atoms with Gasteiger partial charge in [0.25, 0.3) is 0 Å². The second-order valence-corrected chi connectivity index (χ2v) is 13.0. The van der Waals surface area contributed by atoms with Gasteiger partial charge in [0.15, 0.2) is 0 Å². The standard InChI is InChI=1S/C27H35F3N8O/c1-24(2)14-38(26-11-25(12-26,13-26)27(28,29)30)22-19(24)21(31-3)34-23(35-22)33-20-15-5-6-16(20)10-37(9-15)17-7-18(39-4)36-32-8-17/h7-8,15-16,20H,5-6,9-14H2,1-4H3,(H2,31,33,34,35)/t15-,16+,20+,25?,26?. The van der Waals surface area contributed by atoms with Crippen molar-refractivity contribution in [3.8, 4) is 5.88 Å². The normalized spacial score (nSPS) is 33.8. The number of methoxy groups -OCH3 is 1. The summed E-state index contributed by atoms with van der Waals surface area (Å²) in [6.07, 6.45) is 0.365. The van der Waals surface area contributed by atoms with Crippen LogP contribution in [0.2, 0.25) is 0 Å². The van der Waals surface area contributed by atoms with Crippen LogP contribution in [0.4, 0.5) is 36.4 Å². The minimum atomic E-state index is -4.13. The summed E-state index contributed by atoms with van der Waals surface area (Å²) in [7, 11) is 3.44. The second-order valence-electron chi connectivity index (χ2n) is 13.0. The van der Waals surface area contributed by atoms with Gasteiger partial charge in [-0.05, 0) is 43.9 Å². The number of nitrogens with one attached hydrogen (secondary N) is 2. The quantitative estimate of drug-likeness (QED) is 0.555. The van der Waals surface area contributed by atoms with Gasteiger partial charge < -0.3 is 25.2 Å². The molecule has 3 atom stereocenters. The van der Waals surface area contributed by atoms with Crippen LogP contribution in [0.1, 0.15) is 51.5 Å². The van der Waals surface area contributed by atoms with Crippen molar-refractivity contribution in [2.75, 3.05) is 54.2 Å². The molecule has 0 amide bonds. The lowest BCUT2D eigenvalue weighted by Gasteiger charge is -2.73. The van der Waals surface area contributed by atoms with Gasteiger partial charge in [0.2, 0.25) is 11.8 Å². The molecule has 4 heterocycles. The number of rotatable bonds is 6. The second kappa shape index (κ2) is 8.00. The smallest absolute Gasteiger partial charge is 0.394 e. The predicted molar refractivity (Wildman–Crippen MR) is 141 cm³/mol. The first-order chi connectivity index (χ1) is 18.5. The summed E-state index contributed by atoms with van der Waals surface area (Å²) in [6.45, 7) is 6.68. The number of aromatic nitrogens is 4. The molecular weight excluding hydrogens is 509 g/mol. The molecular formula is C27H35F3N8O. The zero-order valence-corrected chi connectivity index (χ0v) is 22.8. The molecule has 2 N–H and O–H groups in total. The van der Waals surface area contributed by atoms with Crippen LogP contribution in [0.15, 0.2) is 12.3 Å². The van der Waals surface area contributed by atoms with Gasteiger partial charge in [-0.3, -0.25) is 0 Å². The minimum absolute atomic E-state index is 0.165.